The van der Waals surface area contributed by atoms with E-state index in [-0.39, 0.29) is 11.7 Å². The summed E-state index contributed by atoms with van der Waals surface area (Å²) in [5.74, 6) is -0.0960. The van der Waals surface area contributed by atoms with E-state index in [1.165, 1.54) is 0 Å². The molecule has 3 aromatic rings. The van der Waals surface area contributed by atoms with Gasteiger partial charge in [0.2, 0.25) is 0 Å². The first-order valence-electron chi connectivity index (χ1n) is 9.93. The van der Waals surface area contributed by atoms with Crippen LogP contribution in [0.3, 0.4) is 0 Å². The van der Waals surface area contributed by atoms with E-state index in [4.69, 9.17) is 0 Å². The van der Waals surface area contributed by atoms with Gasteiger partial charge in [-0.25, -0.2) is 0 Å². The van der Waals surface area contributed by atoms with E-state index in [2.05, 4.69) is 22.2 Å². The summed E-state index contributed by atoms with van der Waals surface area (Å²) in [6.45, 7) is 4.18. The van der Waals surface area contributed by atoms with E-state index in [0.717, 1.165) is 37.0 Å². The molecule has 5 heteroatoms. The number of piperazine rings is 1. The van der Waals surface area contributed by atoms with Crippen LogP contribution in [0.25, 0.3) is 10.8 Å². The minimum absolute atomic E-state index is 0.0795. The van der Waals surface area contributed by atoms with Crippen LogP contribution in [0.5, 0.6) is 0 Å². The fourth-order valence-corrected chi connectivity index (χ4v) is 3.69. The van der Waals surface area contributed by atoms with Crippen LogP contribution in [0.2, 0.25) is 0 Å². The van der Waals surface area contributed by atoms with Gasteiger partial charge in [0.15, 0.2) is 5.78 Å². The highest BCUT2D eigenvalue weighted by atomic mass is 16.1. The number of likely N-dealkylation sites (N-methyl/N-ethyl adjacent to an activating group) is 1. The normalized spacial score (nSPS) is 15.3. The van der Waals surface area contributed by atoms with Gasteiger partial charge >= 0.3 is 0 Å². The van der Waals surface area contributed by atoms with Gasteiger partial charge in [-0.3, -0.25) is 14.5 Å². The number of carbonyl (C=O) groups excluding carboxylic acids is 2. The van der Waals surface area contributed by atoms with Crippen molar-refractivity contribution < 1.29 is 9.59 Å². The lowest BCUT2D eigenvalue weighted by Crippen LogP contribution is -2.46. The number of hydrogen-bond donors (Lipinski definition) is 1. The standard InChI is InChI=1S/C24H25N3O2/c1-26-12-14-27(15-13-26)17-23(28)19-8-4-9-20(16-19)25-24(29)22-11-5-7-18-6-2-3-10-21(18)22/h2-11,16H,12-15,17H2,1H3,(H,25,29). The van der Waals surface area contributed by atoms with Gasteiger partial charge in [-0.05, 0) is 36.0 Å². The van der Waals surface area contributed by atoms with E-state index in [1.54, 1.807) is 6.07 Å². The first kappa shape index (κ1) is 19.3. The molecule has 148 valence electrons. The SMILES string of the molecule is CN1CCN(CC(=O)c2cccc(NC(=O)c3cccc4ccccc34)c2)CC1. The smallest absolute Gasteiger partial charge is 0.256 e. The van der Waals surface area contributed by atoms with E-state index in [0.29, 0.717) is 23.4 Å². The summed E-state index contributed by atoms with van der Waals surface area (Å²) in [5, 5.41) is 4.88. The summed E-state index contributed by atoms with van der Waals surface area (Å²) in [6, 6.07) is 20.7. The number of carbonyl (C=O) groups is 2. The van der Waals surface area contributed by atoms with Crippen LogP contribution >= 0.6 is 0 Å². The molecule has 1 N–H and O–H groups in total. The molecule has 3 aromatic carbocycles. The van der Waals surface area contributed by atoms with Crippen LogP contribution in [-0.4, -0.2) is 61.3 Å². The summed E-state index contributed by atoms with van der Waals surface area (Å²) in [6.07, 6.45) is 0. The Morgan fingerprint density at radius 3 is 2.45 bits per heavy atom. The largest absolute Gasteiger partial charge is 0.322 e. The minimum Gasteiger partial charge on any atom is -0.322 e. The fourth-order valence-electron chi connectivity index (χ4n) is 3.69. The number of nitrogens with zero attached hydrogens (tertiary/aromatic N) is 2. The van der Waals surface area contributed by atoms with Crippen molar-refractivity contribution in [3.63, 3.8) is 0 Å². The third kappa shape index (κ3) is 4.53. The molecule has 0 aliphatic carbocycles. The molecule has 0 spiro atoms. The van der Waals surface area contributed by atoms with Gasteiger partial charge in [0, 0.05) is 43.0 Å². The van der Waals surface area contributed by atoms with Crippen molar-refractivity contribution in [1.29, 1.82) is 0 Å². The molecule has 4 rings (SSSR count). The molecule has 1 amide bonds. The molecule has 1 fully saturated rings. The Balaban J connectivity index is 1.47. The van der Waals surface area contributed by atoms with Crippen LogP contribution in [0, 0.1) is 0 Å². The van der Waals surface area contributed by atoms with Crippen molar-refractivity contribution >= 4 is 28.2 Å². The molecule has 1 aliphatic heterocycles. The number of anilines is 1. The molecule has 5 nitrogen and oxygen atoms in total. The lowest BCUT2D eigenvalue weighted by molar-refractivity contribution is 0.0876. The lowest BCUT2D eigenvalue weighted by atomic mass is 10.0. The Bertz CT molecular complexity index is 1030. The third-order valence-corrected chi connectivity index (χ3v) is 5.44. The van der Waals surface area contributed by atoms with Crippen molar-refractivity contribution in [1.82, 2.24) is 9.80 Å². The molecule has 0 bridgehead atoms. The Kier molecular flexibility index (Phi) is 5.69. The number of amides is 1. The van der Waals surface area contributed by atoms with Crippen LogP contribution in [0.1, 0.15) is 20.7 Å². The number of rotatable bonds is 5. The predicted molar refractivity (Wildman–Crippen MR) is 117 cm³/mol. The zero-order chi connectivity index (χ0) is 20.2. The summed E-state index contributed by atoms with van der Waals surface area (Å²) in [5.41, 5.74) is 1.88. The van der Waals surface area contributed by atoms with Gasteiger partial charge in [0.1, 0.15) is 0 Å². The van der Waals surface area contributed by atoms with Crippen molar-refractivity contribution in [2.24, 2.45) is 0 Å². The van der Waals surface area contributed by atoms with Crippen molar-refractivity contribution in [3.8, 4) is 0 Å². The number of nitrogens with one attached hydrogen (secondary N) is 1. The van der Waals surface area contributed by atoms with Gasteiger partial charge in [-0.1, -0.05) is 48.5 Å². The molecule has 0 atom stereocenters. The number of benzene rings is 3. The van der Waals surface area contributed by atoms with Gasteiger partial charge in [-0.2, -0.15) is 0 Å². The second-order valence-corrected chi connectivity index (χ2v) is 7.56. The first-order valence-corrected chi connectivity index (χ1v) is 9.93. The van der Waals surface area contributed by atoms with Crippen LogP contribution < -0.4 is 5.32 Å². The number of Topliss-reactive ketones (excluding diaryl/α,β-unsaturated/α-hetero) is 1. The van der Waals surface area contributed by atoms with E-state index in [1.807, 2.05) is 60.7 Å². The quantitative estimate of drug-likeness (QED) is 0.681. The third-order valence-electron chi connectivity index (χ3n) is 5.44. The van der Waals surface area contributed by atoms with E-state index >= 15 is 0 Å². The zero-order valence-electron chi connectivity index (χ0n) is 16.6. The Morgan fingerprint density at radius 2 is 1.62 bits per heavy atom. The molecular weight excluding hydrogens is 362 g/mol. The Morgan fingerprint density at radius 1 is 0.897 bits per heavy atom. The lowest BCUT2D eigenvalue weighted by Gasteiger charge is -2.31. The topological polar surface area (TPSA) is 52.6 Å². The molecule has 1 heterocycles. The Hall–Kier alpha value is -3.02. The van der Waals surface area contributed by atoms with Crippen LogP contribution in [0.4, 0.5) is 5.69 Å². The van der Waals surface area contributed by atoms with Crippen LogP contribution in [0.15, 0.2) is 66.7 Å². The zero-order valence-corrected chi connectivity index (χ0v) is 16.6. The molecule has 1 aliphatic rings. The highest BCUT2D eigenvalue weighted by molar-refractivity contribution is 6.13. The summed E-state index contributed by atoms with van der Waals surface area (Å²) in [4.78, 5) is 30.0. The van der Waals surface area contributed by atoms with Crippen molar-refractivity contribution in [3.05, 3.63) is 77.9 Å². The first-order chi connectivity index (χ1) is 14.1. The predicted octanol–water partition coefficient (Wildman–Crippen LogP) is 3.52. The Labute approximate surface area is 170 Å². The summed E-state index contributed by atoms with van der Waals surface area (Å²) >= 11 is 0. The van der Waals surface area contributed by atoms with E-state index in [9.17, 15) is 9.59 Å². The van der Waals surface area contributed by atoms with Gasteiger partial charge in [0.05, 0.1) is 6.54 Å². The van der Waals surface area contributed by atoms with Crippen molar-refractivity contribution in [2.75, 3.05) is 45.1 Å². The average molecular weight is 387 g/mol. The maximum atomic E-state index is 12.8. The average Bonchev–Trinajstić information content (AvgIpc) is 2.75. The maximum absolute atomic E-state index is 12.8. The number of hydrogen-bond acceptors (Lipinski definition) is 4. The second kappa shape index (κ2) is 8.55. The number of ketones is 1. The molecule has 0 saturated carbocycles. The highest BCUT2D eigenvalue weighted by Gasteiger charge is 2.18. The summed E-state index contributed by atoms with van der Waals surface area (Å²) in [7, 11) is 2.10. The monoisotopic (exact) mass is 387 g/mol. The van der Waals surface area contributed by atoms with E-state index < -0.39 is 0 Å². The van der Waals surface area contributed by atoms with Crippen LogP contribution in [-0.2, 0) is 0 Å². The van der Waals surface area contributed by atoms with Crippen molar-refractivity contribution in [2.45, 2.75) is 0 Å². The molecule has 0 radical (unpaired) electrons. The maximum Gasteiger partial charge on any atom is 0.256 e. The molecule has 0 unspecified atom stereocenters. The number of fused-ring (bicyclic) bond motifs is 1. The fraction of sp³-hybridized carbons (Fsp3) is 0.250. The molecular formula is C24H25N3O2. The highest BCUT2D eigenvalue weighted by Crippen LogP contribution is 2.20. The van der Waals surface area contributed by atoms with Gasteiger partial charge in [-0.15, -0.1) is 0 Å². The minimum atomic E-state index is -0.175. The summed E-state index contributed by atoms with van der Waals surface area (Å²) < 4.78 is 0. The second-order valence-electron chi connectivity index (χ2n) is 7.56. The molecule has 0 aromatic heterocycles. The molecule has 29 heavy (non-hydrogen) atoms. The van der Waals surface area contributed by atoms with Gasteiger partial charge in [0.25, 0.3) is 5.91 Å². The molecule has 1 saturated heterocycles. The van der Waals surface area contributed by atoms with Gasteiger partial charge < -0.3 is 10.2 Å².